The van der Waals surface area contributed by atoms with Gasteiger partial charge in [-0.25, -0.2) is 0 Å². The molecule has 0 unspecified atom stereocenters. The van der Waals surface area contributed by atoms with E-state index in [0.29, 0.717) is 12.1 Å². The number of halogens is 1. The average molecular weight is 470 g/mol. The molecule has 0 saturated carbocycles. The highest BCUT2D eigenvalue weighted by Crippen LogP contribution is 2.14. The van der Waals surface area contributed by atoms with E-state index in [9.17, 15) is 0 Å². The topological polar surface area (TPSA) is 49.3 Å². The van der Waals surface area contributed by atoms with E-state index in [-0.39, 0.29) is 24.0 Å². The van der Waals surface area contributed by atoms with E-state index in [1.807, 2.05) is 0 Å². The molecule has 7 heteroatoms. The summed E-state index contributed by atoms with van der Waals surface area (Å²) in [5.74, 6) is 1.05. The van der Waals surface area contributed by atoms with Crippen molar-refractivity contribution in [3.05, 3.63) is 0 Å². The predicted molar refractivity (Wildman–Crippen MR) is 116 cm³/mol. The van der Waals surface area contributed by atoms with Crippen LogP contribution in [0.2, 0.25) is 0 Å². The summed E-state index contributed by atoms with van der Waals surface area (Å²) < 4.78 is 11.0. The minimum atomic E-state index is 0. The monoisotopic (exact) mass is 470 g/mol. The van der Waals surface area contributed by atoms with Crippen molar-refractivity contribution in [1.82, 2.24) is 15.1 Å². The minimum absolute atomic E-state index is 0. The number of likely N-dealkylation sites (N-methyl/N-ethyl adjacent to an activating group) is 1. The summed E-state index contributed by atoms with van der Waals surface area (Å²) in [4.78, 5) is 9.50. The molecule has 1 N–H and O–H groups in total. The van der Waals surface area contributed by atoms with Crippen molar-refractivity contribution >= 4 is 29.9 Å². The molecule has 1 saturated heterocycles. The number of ether oxygens (including phenoxy) is 2. The Labute approximate surface area is 171 Å². The molecule has 1 fully saturated rings. The number of likely N-dealkylation sites (tertiary alicyclic amines) is 1. The second-order valence-corrected chi connectivity index (χ2v) is 6.71. The van der Waals surface area contributed by atoms with Crippen molar-refractivity contribution in [2.45, 2.75) is 52.2 Å². The molecule has 0 aromatic rings. The van der Waals surface area contributed by atoms with E-state index in [2.05, 4.69) is 42.9 Å². The predicted octanol–water partition coefficient (Wildman–Crippen LogP) is 2.43. The molecule has 0 spiro atoms. The first-order chi connectivity index (χ1) is 11.6. The summed E-state index contributed by atoms with van der Waals surface area (Å²) in [5.41, 5.74) is 0. The van der Waals surface area contributed by atoms with E-state index in [0.717, 1.165) is 71.2 Å². The standard InChI is InChI=1S/C18H38N4O2.HI/c1-6-19-18(20-10-13-21(4)16(2)3)22-11-8-17(9-12-22)24-15-7-14-23-5;/h16-17H,6-15H2,1-5H3,(H,19,20);1H. The molecule has 1 aliphatic heterocycles. The first-order valence-electron chi connectivity index (χ1n) is 9.42. The van der Waals surface area contributed by atoms with Crippen LogP contribution in [-0.4, -0.2) is 88.0 Å². The highest BCUT2D eigenvalue weighted by atomic mass is 127. The number of hydrogen-bond acceptors (Lipinski definition) is 4. The van der Waals surface area contributed by atoms with Gasteiger partial charge >= 0.3 is 0 Å². The van der Waals surface area contributed by atoms with Gasteiger partial charge in [-0.05, 0) is 47.1 Å². The fourth-order valence-electron chi connectivity index (χ4n) is 2.69. The van der Waals surface area contributed by atoms with Gasteiger partial charge in [-0.15, -0.1) is 24.0 Å². The fraction of sp³-hybridized carbons (Fsp3) is 0.944. The summed E-state index contributed by atoms with van der Waals surface area (Å²) in [6, 6.07) is 0.564. The number of aliphatic imine (C=N–C) groups is 1. The van der Waals surface area contributed by atoms with Crippen LogP contribution in [0.3, 0.4) is 0 Å². The van der Waals surface area contributed by atoms with Gasteiger partial charge in [-0.1, -0.05) is 0 Å². The van der Waals surface area contributed by atoms with Crippen LogP contribution in [0, 0.1) is 0 Å². The van der Waals surface area contributed by atoms with E-state index in [1.165, 1.54) is 0 Å². The summed E-state index contributed by atoms with van der Waals surface area (Å²) >= 11 is 0. The molecule has 6 nitrogen and oxygen atoms in total. The lowest BCUT2D eigenvalue weighted by molar-refractivity contribution is 0.00990. The second-order valence-electron chi connectivity index (χ2n) is 6.71. The van der Waals surface area contributed by atoms with Crippen LogP contribution < -0.4 is 5.32 Å². The highest BCUT2D eigenvalue weighted by molar-refractivity contribution is 14.0. The summed E-state index contributed by atoms with van der Waals surface area (Å²) in [5, 5.41) is 3.43. The Morgan fingerprint density at radius 2 is 1.96 bits per heavy atom. The first-order valence-corrected chi connectivity index (χ1v) is 9.42. The van der Waals surface area contributed by atoms with Crippen molar-refractivity contribution in [2.24, 2.45) is 4.99 Å². The number of rotatable bonds is 10. The molecule has 0 aliphatic carbocycles. The number of nitrogens with one attached hydrogen (secondary N) is 1. The Morgan fingerprint density at radius 3 is 2.52 bits per heavy atom. The first kappa shape index (κ1) is 24.9. The zero-order valence-electron chi connectivity index (χ0n) is 16.8. The average Bonchev–Trinajstić information content (AvgIpc) is 2.58. The van der Waals surface area contributed by atoms with Gasteiger partial charge < -0.3 is 24.6 Å². The van der Waals surface area contributed by atoms with Crippen LogP contribution in [0.4, 0.5) is 0 Å². The van der Waals surface area contributed by atoms with Crippen LogP contribution in [0.15, 0.2) is 4.99 Å². The minimum Gasteiger partial charge on any atom is -0.385 e. The summed E-state index contributed by atoms with van der Waals surface area (Å²) in [6.45, 7) is 12.9. The lowest BCUT2D eigenvalue weighted by Crippen LogP contribution is -2.47. The zero-order chi connectivity index (χ0) is 17.8. The normalized spacial score (nSPS) is 16.4. The number of piperidine rings is 1. The molecule has 1 aliphatic rings. The van der Waals surface area contributed by atoms with E-state index >= 15 is 0 Å². The molecule has 1 rings (SSSR count). The third-order valence-corrected chi connectivity index (χ3v) is 4.52. The number of guanidine groups is 1. The third-order valence-electron chi connectivity index (χ3n) is 4.52. The number of hydrogen-bond donors (Lipinski definition) is 1. The molecule has 1 heterocycles. The van der Waals surface area contributed by atoms with Crippen molar-refractivity contribution < 1.29 is 9.47 Å². The Balaban J connectivity index is 0.00000576. The smallest absolute Gasteiger partial charge is 0.193 e. The van der Waals surface area contributed by atoms with Gasteiger partial charge in [-0.2, -0.15) is 0 Å². The maximum absolute atomic E-state index is 5.94. The quantitative estimate of drug-likeness (QED) is 0.230. The van der Waals surface area contributed by atoms with Gasteiger partial charge in [0.2, 0.25) is 0 Å². The fourth-order valence-corrected chi connectivity index (χ4v) is 2.69. The molecule has 0 atom stereocenters. The van der Waals surface area contributed by atoms with Gasteiger partial charge in [0.25, 0.3) is 0 Å². The van der Waals surface area contributed by atoms with Crippen LogP contribution in [0.25, 0.3) is 0 Å². The Morgan fingerprint density at radius 1 is 1.28 bits per heavy atom. The number of nitrogens with zero attached hydrogens (tertiary/aromatic N) is 3. The van der Waals surface area contributed by atoms with Crippen LogP contribution in [0.5, 0.6) is 0 Å². The molecular formula is C18H39IN4O2. The zero-order valence-corrected chi connectivity index (χ0v) is 19.1. The van der Waals surface area contributed by atoms with Crippen molar-refractivity contribution in [3.63, 3.8) is 0 Å². The molecule has 0 aromatic heterocycles. The SMILES string of the molecule is CCNC(=NCCN(C)C(C)C)N1CCC(OCCCOC)CC1.I. The lowest BCUT2D eigenvalue weighted by Gasteiger charge is -2.34. The van der Waals surface area contributed by atoms with Gasteiger partial charge in [0.05, 0.1) is 12.6 Å². The molecule has 0 amide bonds. The van der Waals surface area contributed by atoms with Crippen LogP contribution >= 0.6 is 24.0 Å². The highest BCUT2D eigenvalue weighted by Gasteiger charge is 2.21. The third kappa shape index (κ3) is 10.6. The van der Waals surface area contributed by atoms with E-state index in [1.54, 1.807) is 7.11 Å². The molecule has 0 aromatic carbocycles. The maximum atomic E-state index is 5.94. The molecule has 150 valence electrons. The molecular weight excluding hydrogens is 431 g/mol. The lowest BCUT2D eigenvalue weighted by atomic mass is 10.1. The van der Waals surface area contributed by atoms with E-state index in [4.69, 9.17) is 14.5 Å². The van der Waals surface area contributed by atoms with Crippen LogP contribution in [0.1, 0.15) is 40.0 Å². The maximum Gasteiger partial charge on any atom is 0.193 e. The Kier molecular flexibility index (Phi) is 14.9. The van der Waals surface area contributed by atoms with Crippen molar-refractivity contribution in [3.8, 4) is 0 Å². The van der Waals surface area contributed by atoms with Crippen molar-refractivity contribution in [1.29, 1.82) is 0 Å². The Hall–Kier alpha value is -0.120. The van der Waals surface area contributed by atoms with Crippen molar-refractivity contribution in [2.75, 3.05) is 60.1 Å². The Bertz CT molecular complexity index is 348. The van der Waals surface area contributed by atoms with Gasteiger partial charge in [-0.3, -0.25) is 4.99 Å². The van der Waals surface area contributed by atoms with Gasteiger partial charge in [0, 0.05) is 52.5 Å². The van der Waals surface area contributed by atoms with E-state index < -0.39 is 0 Å². The molecule has 0 radical (unpaired) electrons. The number of methoxy groups -OCH3 is 1. The molecule has 0 bridgehead atoms. The largest absolute Gasteiger partial charge is 0.385 e. The summed E-state index contributed by atoms with van der Waals surface area (Å²) in [6.07, 6.45) is 3.50. The molecule has 25 heavy (non-hydrogen) atoms. The second kappa shape index (κ2) is 15.0. The van der Waals surface area contributed by atoms with Crippen LogP contribution in [-0.2, 0) is 9.47 Å². The van der Waals surface area contributed by atoms with Gasteiger partial charge in [0.15, 0.2) is 5.96 Å². The summed E-state index contributed by atoms with van der Waals surface area (Å²) in [7, 11) is 3.89. The van der Waals surface area contributed by atoms with Gasteiger partial charge in [0.1, 0.15) is 0 Å².